The number of nitriles is 1. The second-order valence-corrected chi connectivity index (χ2v) is 5.38. The molecule has 0 bridgehead atoms. The molecule has 0 N–H and O–H groups in total. The third kappa shape index (κ3) is 2.41. The van der Waals surface area contributed by atoms with Crippen LogP contribution in [0.25, 0.3) is 11.4 Å². The monoisotopic (exact) mass is 321 g/mol. The topological polar surface area (TPSA) is 41.6 Å². The van der Waals surface area contributed by atoms with Gasteiger partial charge in [0.15, 0.2) is 0 Å². The summed E-state index contributed by atoms with van der Waals surface area (Å²) in [6, 6.07) is 6.33. The van der Waals surface area contributed by atoms with Gasteiger partial charge in [0, 0.05) is 7.05 Å². The van der Waals surface area contributed by atoms with Crippen molar-refractivity contribution in [3.63, 3.8) is 0 Å². The molecular formula is C14H13BrFN3. The van der Waals surface area contributed by atoms with Gasteiger partial charge in [-0.3, -0.25) is 0 Å². The van der Waals surface area contributed by atoms with Gasteiger partial charge in [-0.05, 0) is 40.0 Å². The number of hydrogen-bond donors (Lipinski definition) is 0. The van der Waals surface area contributed by atoms with Crippen LogP contribution in [-0.4, -0.2) is 9.55 Å². The van der Waals surface area contributed by atoms with E-state index in [1.807, 2.05) is 17.7 Å². The van der Waals surface area contributed by atoms with Crippen molar-refractivity contribution in [2.24, 2.45) is 7.05 Å². The lowest BCUT2D eigenvalue weighted by atomic mass is 10.1. The molecular weight excluding hydrogens is 309 g/mol. The van der Waals surface area contributed by atoms with Crippen LogP contribution in [0.5, 0.6) is 0 Å². The van der Waals surface area contributed by atoms with Gasteiger partial charge in [0.05, 0.1) is 22.9 Å². The van der Waals surface area contributed by atoms with Crippen molar-refractivity contribution in [1.29, 1.82) is 5.26 Å². The van der Waals surface area contributed by atoms with Crippen LogP contribution in [0.1, 0.15) is 31.0 Å². The minimum absolute atomic E-state index is 0.280. The number of benzene rings is 1. The van der Waals surface area contributed by atoms with Crippen molar-refractivity contribution < 1.29 is 4.39 Å². The zero-order chi connectivity index (χ0) is 14.2. The molecule has 98 valence electrons. The quantitative estimate of drug-likeness (QED) is 0.839. The van der Waals surface area contributed by atoms with E-state index < -0.39 is 5.82 Å². The predicted molar refractivity (Wildman–Crippen MR) is 75.1 cm³/mol. The van der Waals surface area contributed by atoms with Crippen LogP contribution in [-0.2, 0) is 7.05 Å². The molecule has 19 heavy (non-hydrogen) atoms. The van der Waals surface area contributed by atoms with E-state index in [9.17, 15) is 4.39 Å². The lowest BCUT2D eigenvalue weighted by molar-refractivity contribution is 0.627. The van der Waals surface area contributed by atoms with E-state index in [1.165, 1.54) is 6.07 Å². The van der Waals surface area contributed by atoms with Crippen LogP contribution in [0.15, 0.2) is 22.8 Å². The minimum atomic E-state index is -0.435. The molecule has 1 aromatic heterocycles. The molecule has 0 unspecified atom stereocenters. The Balaban J connectivity index is 2.61. The predicted octanol–water partition coefficient (Wildman–Crippen LogP) is 3.98. The first kappa shape index (κ1) is 13.8. The Morgan fingerprint density at radius 2 is 2.11 bits per heavy atom. The van der Waals surface area contributed by atoms with Crippen molar-refractivity contribution in [2.45, 2.75) is 19.8 Å². The van der Waals surface area contributed by atoms with Crippen molar-refractivity contribution in [3.05, 3.63) is 39.9 Å². The van der Waals surface area contributed by atoms with Crippen molar-refractivity contribution in [3.8, 4) is 17.5 Å². The Morgan fingerprint density at radius 3 is 2.58 bits per heavy atom. The van der Waals surface area contributed by atoms with Gasteiger partial charge in [0.2, 0.25) is 0 Å². The third-order valence-corrected chi connectivity index (χ3v) is 3.56. The Morgan fingerprint density at radius 1 is 1.42 bits per heavy atom. The van der Waals surface area contributed by atoms with Gasteiger partial charge < -0.3 is 4.57 Å². The summed E-state index contributed by atoms with van der Waals surface area (Å²) in [5.74, 6) is 0.398. The van der Waals surface area contributed by atoms with E-state index in [0.717, 1.165) is 10.3 Å². The van der Waals surface area contributed by atoms with E-state index in [4.69, 9.17) is 5.26 Å². The highest BCUT2D eigenvalue weighted by atomic mass is 79.9. The molecule has 0 aliphatic heterocycles. The Hall–Kier alpha value is -1.67. The first-order valence-corrected chi connectivity index (χ1v) is 6.67. The summed E-state index contributed by atoms with van der Waals surface area (Å²) in [4.78, 5) is 4.37. The van der Waals surface area contributed by atoms with Gasteiger partial charge in [-0.15, -0.1) is 0 Å². The fourth-order valence-corrected chi connectivity index (χ4v) is 3.00. The normalized spacial score (nSPS) is 10.8. The van der Waals surface area contributed by atoms with Gasteiger partial charge in [0.1, 0.15) is 16.2 Å². The molecule has 0 aliphatic rings. The van der Waals surface area contributed by atoms with Gasteiger partial charge in [-0.25, -0.2) is 9.37 Å². The Labute approximate surface area is 119 Å². The van der Waals surface area contributed by atoms with E-state index >= 15 is 0 Å². The van der Waals surface area contributed by atoms with Crippen molar-refractivity contribution in [1.82, 2.24) is 9.55 Å². The highest BCUT2D eigenvalue weighted by Gasteiger charge is 2.18. The van der Waals surface area contributed by atoms with Crippen molar-refractivity contribution in [2.75, 3.05) is 0 Å². The summed E-state index contributed by atoms with van der Waals surface area (Å²) >= 11 is 3.41. The molecule has 0 saturated carbocycles. The highest BCUT2D eigenvalue weighted by molar-refractivity contribution is 9.10. The van der Waals surface area contributed by atoms with Crippen molar-refractivity contribution >= 4 is 15.9 Å². The second-order valence-electron chi connectivity index (χ2n) is 4.63. The Bertz CT molecular complexity index is 668. The SMILES string of the molecule is CC(C)c1c(Br)nc(-c2ccc(C#N)cc2F)n1C. The molecule has 1 heterocycles. The molecule has 5 heteroatoms. The number of aromatic nitrogens is 2. The highest BCUT2D eigenvalue weighted by Crippen LogP contribution is 2.31. The van der Waals surface area contributed by atoms with Crippen LogP contribution < -0.4 is 0 Å². The van der Waals surface area contributed by atoms with E-state index in [2.05, 4.69) is 34.8 Å². The number of rotatable bonds is 2. The summed E-state index contributed by atoms with van der Waals surface area (Å²) in [6.45, 7) is 4.11. The maximum absolute atomic E-state index is 14.0. The van der Waals surface area contributed by atoms with E-state index in [0.29, 0.717) is 17.0 Å². The smallest absolute Gasteiger partial charge is 0.144 e. The number of halogens is 2. The van der Waals surface area contributed by atoms with Crippen LogP contribution in [0.4, 0.5) is 4.39 Å². The van der Waals surface area contributed by atoms with Crippen LogP contribution >= 0.6 is 15.9 Å². The molecule has 0 aliphatic carbocycles. The number of hydrogen-bond acceptors (Lipinski definition) is 2. The molecule has 0 saturated heterocycles. The average molecular weight is 322 g/mol. The first-order chi connectivity index (χ1) is 8.95. The van der Waals surface area contributed by atoms with Gasteiger partial charge >= 0.3 is 0 Å². The summed E-state index contributed by atoms with van der Waals surface area (Å²) in [5, 5.41) is 8.75. The standard InChI is InChI=1S/C14H13BrFN3/c1-8(2)12-13(15)18-14(19(12)3)10-5-4-9(7-17)6-11(10)16/h4-6,8H,1-3H3. The largest absolute Gasteiger partial charge is 0.330 e. The summed E-state index contributed by atoms with van der Waals surface area (Å²) in [7, 11) is 1.86. The summed E-state index contributed by atoms with van der Waals surface area (Å²) < 4.78 is 16.6. The molecule has 0 spiro atoms. The van der Waals surface area contributed by atoms with E-state index in [-0.39, 0.29) is 5.92 Å². The molecule has 0 fully saturated rings. The fourth-order valence-electron chi connectivity index (χ4n) is 2.11. The molecule has 2 rings (SSSR count). The summed E-state index contributed by atoms with van der Waals surface area (Å²) in [6.07, 6.45) is 0. The van der Waals surface area contributed by atoms with E-state index in [1.54, 1.807) is 12.1 Å². The lowest BCUT2D eigenvalue weighted by Gasteiger charge is -2.09. The van der Waals surface area contributed by atoms with Gasteiger partial charge in [-0.1, -0.05) is 13.8 Å². The second kappa shape index (κ2) is 5.14. The number of imidazole rings is 1. The van der Waals surface area contributed by atoms with Crippen LogP contribution in [0, 0.1) is 17.1 Å². The Kier molecular flexibility index (Phi) is 3.72. The molecule has 0 amide bonds. The molecule has 0 radical (unpaired) electrons. The zero-order valence-electron chi connectivity index (χ0n) is 10.9. The molecule has 1 aromatic carbocycles. The molecule has 0 atom stereocenters. The maximum atomic E-state index is 14.0. The number of nitrogens with zero attached hydrogens (tertiary/aromatic N) is 3. The lowest BCUT2D eigenvalue weighted by Crippen LogP contribution is -2.01. The van der Waals surface area contributed by atoms with Gasteiger partial charge in [-0.2, -0.15) is 5.26 Å². The van der Waals surface area contributed by atoms with Crippen LogP contribution in [0.3, 0.4) is 0 Å². The first-order valence-electron chi connectivity index (χ1n) is 5.87. The zero-order valence-corrected chi connectivity index (χ0v) is 12.5. The molecule has 2 aromatic rings. The minimum Gasteiger partial charge on any atom is -0.330 e. The van der Waals surface area contributed by atoms with Crippen LogP contribution in [0.2, 0.25) is 0 Å². The average Bonchev–Trinajstić information content (AvgIpc) is 2.64. The third-order valence-electron chi connectivity index (χ3n) is 2.98. The maximum Gasteiger partial charge on any atom is 0.144 e. The van der Waals surface area contributed by atoms with Gasteiger partial charge in [0.25, 0.3) is 0 Å². The fraction of sp³-hybridized carbons (Fsp3) is 0.286. The molecule has 3 nitrogen and oxygen atoms in total. The summed E-state index contributed by atoms with van der Waals surface area (Å²) in [5.41, 5.74) is 1.71.